The Labute approximate surface area is 171 Å². The zero-order chi connectivity index (χ0) is 18.0. The van der Waals surface area contributed by atoms with E-state index in [4.69, 9.17) is 0 Å². The minimum atomic E-state index is -3.42. The lowest BCUT2D eigenvalue weighted by Crippen LogP contribution is -2.61. The molecule has 9 heteroatoms. The van der Waals surface area contributed by atoms with E-state index in [2.05, 4.69) is 31.0 Å². The number of amides is 1. The average molecular weight is 432 g/mol. The summed E-state index contributed by atoms with van der Waals surface area (Å²) in [5.74, 6) is -0.179. The Morgan fingerprint density at radius 2 is 1.54 bits per heavy atom. The highest BCUT2D eigenvalue weighted by Gasteiger charge is 2.50. The van der Waals surface area contributed by atoms with Gasteiger partial charge in [-0.25, -0.2) is 8.42 Å². The fourth-order valence-electron chi connectivity index (χ4n) is 3.53. The van der Waals surface area contributed by atoms with Gasteiger partial charge >= 0.3 is 0 Å². The van der Waals surface area contributed by atoms with Gasteiger partial charge in [0.2, 0.25) is 5.91 Å². The maximum atomic E-state index is 13.0. The van der Waals surface area contributed by atoms with Crippen molar-refractivity contribution in [3.05, 3.63) is 0 Å². The molecule has 0 spiro atoms. The van der Waals surface area contributed by atoms with Crippen LogP contribution in [-0.2, 0) is 14.6 Å². The molecule has 2 heterocycles. The molecular weight excluding hydrogens is 397 g/mol. The molecule has 6 nitrogen and oxygen atoms in total. The molecule has 0 radical (unpaired) electrons. The van der Waals surface area contributed by atoms with Gasteiger partial charge in [-0.05, 0) is 44.3 Å². The van der Waals surface area contributed by atoms with Gasteiger partial charge in [0.1, 0.15) is 0 Å². The van der Waals surface area contributed by atoms with Crippen LogP contribution in [0.3, 0.4) is 0 Å². The van der Waals surface area contributed by atoms with Gasteiger partial charge in [0, 0.05) is 32.4 Å². The highest BCUT2D eigenvalue weighted by Crippen LogP contribution is 2.30. The zero-order valence-electron chi connectivity index (χ0n) is 16.4. The number of halogens is 2. The maximum Gasteiger partial charge on any atom is 0.244 e. The van der Waals surface area contributed by atoms with E-state index in [1.165, 1.54) is 6.26 Å². The first-order chi connectivity index (χ1) is 11.1. The van der Waals surface area contributed by atoms with E-state index in [1.807, 2.05) is 0 Å². The minimum Gasteiger partial charge on any atom is -0.339 e. The van der Waals surface area contributed by atoms with Crippen molar-refractivity contribution < 1.29 is 13.2 Å². The fourth-order valence-corrected chi connectivity index (χ4v) is 4.92. The second-order valence-electron chi connectivity index (χ2n) is 8.46. The van der Waals surface area contributed by atoms with E-state index in [-0.39, 0.29) is 30.7 Å². The molecule has 1 amide bonds. The summed E-state index contributed by atoms with van der Waals surface area (Å²) in [5, 5.41) is 3.16. The van der Waals surface area contributed by atoms with Crippen LogP contribution >= 0.6 is 24.8 Å². The van der Waals surface area contributed by atoms with Crippen LogP contribution in [0.1, 0.15) is 40.0 Å². The molecule has 0 unspecified atom stereocenters. The number of piperidine rings is 1. The third-order valence-electron chi connectivity index (χ3n) is 5.35. The summed E-state index contributed by atoms with van der Waals surface area (Å²) in [4.78, 5) is 17.2. The van der Waals surface area contributed by atoms with Crippen LogP contribution in [0.15, 0.2) is 0 Å². The summed E-state index contributed by atoms with van der Waals surface area (Å²) in [6, 6.07) is 0. The molecule has 2 saturated heterocycles. The van der Waals surface area contributed by atoms with Crippen LogP contribution < -0.4 is 5.32 Å². The lowest BCUT2D eigenvalue weighted by atomic mass is 9.92. The monoisotopic (exact) mass is 431 g/mol. The van der Waals surface area contributed by atoms with E-state index >= 15 is 0 Å². The van der Waals surface area contributed by atoms with Gasteiger partial charge in [-0.1, -0.05) is 20.8 Å². The quantitative estimate of drug-likeness (QED) is 0.731. The van der Waals surface area contributed by atoms with Gasteiger partial charge < -0.3 is 10.2 Å². The topological polar surface area (TPSA) is 69.7 Å². The van der Waals surface area contributed by atoms with Gasteiger partial charge in [-0.3, -0.25) is 9.69 Å². The van der Waals surface area contributed by atoms with E-state index in [0.717, 1.165) is 26.1 Å². The molecule has 2 aliphatic rings. The normalized spacial score (nSPS) is 21.5. The van der Waals surface area contributed by atoms with Crippen molar-refractivity contribution in [2.45, 2.75) is 44.8 Å². The Morgan fingerprint density at radius 3 is 1.96 bits per heavy atom. The number of rotatable bonds is 4. The predicted molar refractivity (Wildman–Crippen MR) is 111 cm³/mol. The van der Waals surface area contributed by atoms with E-state index in [0.29, 0.717) is 44.4 Å². The molecule has 0 aliphatic carbocycles. The number of sulfone groups is 1. The Morgan fingerprint density at radius 1 is 1.04 bits per heavy atom. The van der Waals surface area contributed by atoms with Gasteiger partial charge in [-0.2, -0.15) is 0 Å². The first-order valence-corrected chi connectivity index (χ1v) is 10.9. The summed E-state index contributed by atoms with van der Waals surface area (Å²) >= 11 is 0. The lowest BCUT2D eigenvalue weighted by Gasteiger charge is -2.42. The Balaban J connectivity index is 0.00000312. The van der Waals surface area contributed by atoms with Crippen molar-refractivity contribution >= 4 is 40.6 Å². The van der Waals surface area contributed by atoms with E-state index < -0.39 is 14.6 Å². The molecule has 0 atom stereocenters. The predicted octanol–water partition coefficient (Wildman–Crippen LogP) is 1.58. The first-order valence-electron chi connectivity index (χ1n) is 8.97. The Bertz CT molecular complexity index is 550. The molecule has 0 aromatic rings. The van der Waals surface area contributed by atoms with Gasteiger partial charge in [0.15, 0.2) is 14.6 Å². The van der Waals surface area contributed by atoms with Crippen LogP contribution in [0.25, 0.3) is 0 Å². The fraction of sp³-hybridized carbons (Fsp3) is 0.941. The van der Waals surface area contributed by atoms with Crippen LogP contribution in [0.4, 0.5) is 0 Å². The largest absolute Gasteiger partial charge is 0.339 e. The molecule has 0 aromatic heterocycles. The van der Waals surface area contributed by atoms with Crippen molar-refractivity contribution in [3.63, 3.8) is 0 Å². The second-order valence-corrected chi connectivity index (χ2v) is 10.8. The number of carbonyl (C=O) groups is 1. The van der Waals surface area contributed by atoms with Crippen molar-refractivity contribution in [1.82, 2.24) is 15.1 Å². The van der Waals surface area contributed by atoms with Gasteiger partial charge in [-0.15, -0.1) is 24.8 Å². The lowest BCUT2D eigenvalue weighted by molar-refractivity contribution is -0.136. The number of carbonyl (C=O) groups excluding carboxylic acids is 1. The van der Waals surface area contributed by atoms with Gasteiger partial charge in [0.25, 0.3) is 0 Å². The third-order valence-corrected chi connectivity index (χ3v) is 7.35. The van der Waals surface area contributed by atoms with Crippen molar-refractivity contribution in [2.24, 2.45) is 5.41 Å². The second kappa shape index (κ2) is 9.92. The molecule has 0 bridgehead atoms. The zero-order valence-corrected chi connectivity index (χ0v) is 18.9. The van der Waals surface area contributed by atoms with Crippen molar-refractivity contribution in [3.8, 4) is 0 Å². The first kappa shape index (κ1) is 25.9. The van der Waals surface area contributed by atoms with Crippen LogP contribution in [0, 0.1) is 5.41 Å². The summed E-state index contributed by atoms with van der Waals surface area (Å²) < 4.78 is 23.6. The molecular formula is C17H35Cl2N3O3S. The van der Waals surface area contributed by atoms with Crippen molar-refractivity contribution in [2.75, 3.05) is 52.1 Å². The number of piperazine rings is 1. The highest BCUT2D eigenvalue weighted by molar-refractivity contribution is 7.92. The smallest absolute Gasteiger partial charge is 0.244 e. The summed E-state index contributed by atoms with van der Waals surface area (Å²) in [7, 11) is -3.42. The standard InChI is InChI=1S/C17H33N3O3S.2ClH/c1-16(2,3)7-10-19-11-13-20(14-12-19)15(21)17(24(4,22)23)5-8-18-9-6-17;;/h18H,5-14H2,1-4H3;2*1H. The Kier molecular flexibility index (Phi) is 9.89. The summed E-state index contributed by atoms with van der Waals surface area (Å²) in [6.45, 7) is 11.8. The average Bonchev–Trinajstić information content (AvgIpc) is 2.52. The highest BCUT2D eigenvalue weighted by atomic mass is 35.5. The van der Waals surface area contributed by atoms with Crippen molar-refractivity contribution in [1.29, 1.82) is 0 Å². The molecule has 2 fully saturated rings. The molecule has 0 aromatic carbocycles. The summed E-state index contributed by atoms with van der Waals surface area (Å²) in [5.41, 5.74) is 0.308. The van der Waals surface area contributed by atoms with Crippen LogP contribution in [0.2, 0.25) is 0 Å². The maximum absolute atomic E-state index is 13.0. The van der Waals surface area contributed by atoms with Gasteiger partial charge in [0.05, 0.1) is 0 Å². The number of hydrogen-bond acceptors (Lipinski definition) is 5. The van der Waals surface area contributed by atoms with E-state index in [9.17, 15) is 13.2 Å². The summed E-state index contributed by atoms with van der Waals surface area (Å²) in [6.07, 6.45) is 3.11. The molecule has 0 saturated carbocycles. The van der Waals surface area contributed by atoms with E-state index in [1.54, 1.807) is 4.90 Å². The number of hydrogen-bond donors (Lipinski definition) is 1. The third kappa shape index (κ3) is 6.23. The molecule has 156 valence electrons. The molecule has 2 aliphatic heterocycles. The minimum absolute atomic E-state index is 0. The molecule has 2 rings (SSSR count). The van der Waals surface area contributed by atoms with Crippen LogP contribution in [-0.4, -0.2) is 80.9 Å². The van der Waals surface area contributed by atoms with Crippen LogP contribution in [0.5, 0.6) is 0 Å². The number of nitrogens with one attached hydrogen (secondary N) is 1. The molecule has 1 N–H and O–H groups in total. The Hall–Kier alpha value is -0.0800. The number of nitrogens with zero attached hydrogens (tertiary/aromatic N) is 2. The SMILES string of the molecule is CC(C)(C)CCN1CCN(C(=O)C2(S(C)(=O)=O)CCNCC2)CC1.Cl.Cl. The molecule has 26 heavy (non-hydrogen) atoms.